The van der Waals surface area contributed by atoms with Gasteiger partial charge in [0.2, 0.25) is 0 Å². The lowest BCUT2D eigenvalue weighted by Crippen LogP contribution is -2.44. The van der Waals surface area contributed by atoms with Crippen LogP contribution in [0, 0.1) is 11.3 Å². The molecule has 14 heavy (non-hydrogen) atoms. The van der Waals surface area contributed by atoms with Crippen LogP contribution in [0.2, 0.25) is 0 Å². The van der Waals surface area contributed by atoms with E-state index in [9.17, 15) is 4.79 Å². The SMILES string of the molecule is C/C(O)=C(\C#N)C(=O)N1CC[N]CC1. The molecule has 1 aliphatic rings. The van der Waals surface area contributed by atoms with E-state index >= 15 is 0 Å². The molecule has 0 aliphatic carbocycles. The van der Waals surface area contributed by atoms with Gasteiger partial charge in [-0.25, -0.2) is 5.32 Å². The van der Waals surface area contributed by atoms with Crippen molar-refractivity contribution in [3.8, 4) is 6.07 Å². The van der Waals surface area contributed by atoms with Crippen LogP contribution in [0.5, 0.6) is 0 Å². The molecule has 0 bridgehead atoms. The Kier molecular flexibility index (Phi) is 3.48. The molecule has 0 atom stereocenters. The number of allylic oxidation sites excluding steroid dienone is 1. The van der Waals surface area contributed by atoms with Gasteiger partial charge in [0.25, 0.3) is 5.91 Å². The summed E-state index contributed by atoms with van der Waals surface area (Å²) in [5, 5.41) is 21.8. The summed E-state index contributed by atoms with van der Waals surface area (Å²) in [7, 11) is 0. The van der Waals surface area contributed by atoms with Gasteiger partial charge in [-0.05, 0) is 6.92 Å². The number of nitrogens with zero attached hydrogens (tertiary/aromatic N) is 3. The molecule has 0 aromatic rings. The van der Waals surface area contributed by atoms with Gasteiger partial charge >= 0.3 is 0 Å². The van der Waals surface area contributed by atoms with Crippen molar-refractivity contribution in [2.24, 2.45) is 0 Å². The van der Waals surface area contributed by atoms with Crippen molar-refractivity contribution in [3.05, 3.63) is 11.3 Å². The highest BCUT2D eigenvalue weighted by Crippen LogP contribution is 2.06. The van der Waals surface area contributed by atoms with Crippen LogP contribution in [-0.2, 0) is 4.79 Å². The number of carbonyl (C=O) groups excluding carboxylic acids is 1. The van der Waals surface area contributed by atoms with Crippen LogP contribution < -0.4 is 5.32 Å². The molecule has 1 rings (SSSR count). The molecule has 1 radical (unpaired) electrons. The predicted octanol–water partition coefficient (Wildman–Crippen LogP) is -0.211. The third-order valence-corrected chi connectivity index (χ3v) is 2.03. The first kappa shape index (κ1) is 10.5. The number of carbonyl (C=O) groups is 1. The minimum atomic E-state index is -0.401. The Morgan fingerprint density at radius 3 is 2.50 bits per heavy atom. The molecule has 1 saturated heterocycles. The van der Waals surface area contributed by atoms with E-state index in [0.29, 0.717) is 26.2 Å². The zero-order valence-corrected chi connectivity index (χ0v) is 8.03. The van der Waals surface area contributed by atoms with E-state index in [1.807, 2.05) is 0 Å². The summed E-state index contributed by atoms with van der Waals surface area (Å²) >= 11 is 0. The molecule has 1 amide bonds. The third kappa shape index (κ3) is 2.24. The topological polar surface area (TPSA) is 78.4 Å². The molecule has 1 aliphatic heterocycles. The first-order valence-corrected chi connectivity index (χ1v) is 4.39. The van der Waals surface area contributed by atoms with Gasteiger partial charge in [-0.1, -0.05) is 0 Å². The number of hydrogen-bond donors (Lipinski definition) is 1. The van der Waals surface area contributed by atoms with Gasteiger partial charge in [0.15, 0.2) is 5.57 Å². The molecule has 1 N–H and O–H groups in total. The van der Waals surface area contributed by atoms with Gasteiger partial charge in [-0.3, -0.25) is 4.79 Å². The average molecular weight is 194 g/mol. The van der Waals surface area contributed by atoms with Crippen LogP contribution in [0.1, 0.15) is 6.92 Å². The number of rotatable bonds is 1. The fourth-order valence-electron chi connectivity index (χ4n) is 1.25. The molecule has 0 aromatic heterocycles. The van der Waals surface area contributed by atoms with Gasteiger partial charge < -0.3 is 10.0 Å². The Balaban J connectivity index is 2.73. The van der Waals surface area contributed by atoms with Crippen LogP contribution in [0.3, 0.4) is 0 Å². The highest BCUT2D eigenvalue weighted by atomic mass is 16.3. The standard InChI is InChI=1S/C9H12N3O2/c1-7(13)8(6-10)9(14)12-4-2-11-3-5-12/h13H,2-5H2,1H3/b8-7-. The lowest BCUT2D eigenvalue weighted by molar-refractivity contribution is -0.127. The second kappa shape index (κ2) is 4.63. The second-order valence-electron chi connectivity index (χ2n) is 3.04. The van der Waals surface area contributed by atoms with E-state index < -0.39 is 5.91 Å². The molecular formula is C9H12N3O2. The van der Waals surface area contributed by atoms with Crippen molar-refractivity contribution in [1.29, 1.82) is 5.26 Å². The van der Waals surface area contributed by atoms with Crippen LogP contribution in [0.25, 0.3) is 0 Å². The van der Waals surface area contributed by atoms with E-state index in [1.54, 1.807) is 6.07 Å². The smallest absolute Gasteiger partial charge is 0.268 e. The molecular weight excluding hydrogens is 182 g/mol. The highest BCUT2D eigenvalue weighted by molar-refractivity contribution is 5.97. The molecule has 5 heteroatoms. The van der Waals surface area contributed by atoms with Gasteiger partial charge in [-0.2, -0.15) is 5.26 Å². The Morgan fingerprint density at radius 2 is 2.07 bits per heavy atom. The number of nitriles is 1. The summed E-state index contributed by atoms with van der Waals surface area (Å²) in [6, 6.07) is 1.71. The third-order valence-electron chi connectivity index (χ3n) is 2.03. The van der Waals surface area contributed by atoms with Crippen molar-refractivity contribution < 1.29 is 9.90 Å². The minimum absolute atomic E-state index is 0.174. The molecule has 75 valence electrons. The van der Waals surface area contributed by atoms with Crippen molar-refractivity contribution in [3.63, 3.8) is 0 Å². The highest BCUT2D eigenvalue weighted by Gasteiger charge is 2.22. The molecule has 0 aromatic carbocycles. The number of aliphatic hydroxyl groups is 1. The van der Waals surface area contributed by atoms with E-state index in [-0.39, 0.29) is 11.3 Å². The number of amides is 1. The lowest BCUT2D eigenvalue weighted by Gasteiger charge is -2.26. The Labute approximate surface area is 82.6 Å². The number of hydrogen-bond acceptors (Lipinski definition) is 3. The predicted molar refractivity (Wildman–Crippen MR) is 49.4 cm³/mol. The maximum atomic E-state index is 11.6. The molecule has 5 nitrogen and oxygen atoms in total. The van der Waals surface area contributed by atoms with Crippen LogP contribution in [0.15, 0.2) is 11.3 Å². The van der Waals surface area contributed by atoms with Gasteiger partial charge in [0.05, 0.1) is 0 Å². The van der Waals surface area contributed by atoms with Crippen molar-refractivity contribution >= 4 is 5.91 Å². The monoisotopic (exact) mass is 194 g/mol. The van der Waals surface area contributed by atoms with Crippen molar-refractivity contribution in [2.45, 2.75) is 6.92 Å². The van der Waals surface area contributed by atoms with Gasteiger partial charge in [0.1, 0.15) is 11.8 Å². The summed E-state index contributed by atoms with van der Waals surface area (Å²) in [4.78, 5) is 13.1. The van der Waals surface area contributed by atoms with E-state index in [2.05, 4.69) is 5.32 Å². The summed E-state index contributed by atoms with van der Waals surface area (Å²) < 4.78 is 0. The van der Waals surface area contributed by atoms with Crippen LogP contribution in [-0.4, -0.2) is 42.1 Å². The summed E-state index contributed by atoms with van der Waals surface area (Å²) in [5.41, 5.74) is -0.174. The van der Waals surface area contributed by atoms with Crippen molar-refractivity contribution in [2.75, 3.05) is 26.2 Å². The maximum absolute atomic E-state index is 11.6. The number of aliphatic hydroxyl groups excluding tert-OH is 1. The molecule has 1 heterocycles. The Bertz CT molecular complexity index is 294. The van der Waals surface area contributed by atoms with Crippen LogP contribution >= 0.6 is 0 Å². The normalized spacial score (nSPS) is 18.4. The minimum Gasteiger partial charge on any atom is -0.511 e. The summed E-state index contributed by atoms with van der Waals surface area (Å²) in [5.74, 6) is -0.623. The van der Waals surface area contributed by atoms with Gasteiger partial charge in [-0.15, -0.1) is 0 Å². The number of piperazine rings is 1. The molecule has 0 unspecified atom stereocenters. The van der Waals surface area contributed by atoms with Crippen molar-refractivity contribution in [1.82, 2.24) is 10.2 Å². The molecule has 0 saturated carbocycles. The largest absolute Gasteiger partial charge is 0.511 e. The molecule has 0 spiro atoms. The first-order valence-electron chi connectivity index (χ1n) is 4.39. The average Bonchev–Trinajstić information content (AvgIpc) is 2.19. The quantitative estimate of drug-likeness (QED) is 0.356. The lowest BCUT2D eigenvalue weighted by atomic mass is 10.2. The summed E-state index contributed by atoms with van der Waals surface area (Å²) in [6.07, 6.45) is 0. The van der Waals surface area contributed by atoms with E-state index in [0.717, 1.165) is 0 Å². The zero-order chi connectivity index (χ0) is 10.6. The van der Waals surface area contributed by atoms with E-state index in [1.165, 1.54) is 11.8 Å². The fourth-order valence-corrected chi connectivity index (χ4v) is 1.25. The maximum Gasteiger partial charge on any atom is 0.268 e. The zero-order valence-electron chi connectivity index (χ0n) is 8.03. The first-order chi connectivity index (χ1) is 6.66. The second-order valence-corrected chi connectivity index (χ2v) is 3.04. The van der Waals surface area contributed by atoms with E-state index in [4.69, 9.17) is 10.4 Å². The summed E-state index contributed by atoms with van der Waals surface area (Å²) in [6.45, 7) is 3.60. The van der Waals surface area contributed by atoms with Gasteiger partial charge in [0, 0.05) is 26.2 Å². The Morgan fingerprint density at radius 1 is 1.50 bits per heavy atom. The molecule has 1 fully saturated rings. The Hall–Kier alpha value is -1.54. The fraction of sp³-hybridized carbons (Fsp3) is 0.556. The van der Waals surface area contributed by atoms with Crippen LogP contribution in [0.4, 0.5) is 0 Å².